The van der Waals surface area contributed by atoms with E-state index in [1.54, 1.807) is 6.08 Å². The molecule has 1 rings (SSSR count). The van der Waals surface area contributed by atoms with Crippen LogP contribution >= 0.6 is 0 Å². The van der Waals surface area contributed by atoms with E-state index in [1.165, 1.54) is 6.08 Å². The van der Waals surface area contributed by atoms with Gasteiger partial charge in [-0.3, -0.25) is 10.1 Å². The van der Waals surface area contributed by atoms with Gasteiger partial charge in [0, 0.05) is 24.9 Å². The molecule has 22 heavy (non-hydrogen) atoms. The fourth-order valence-electron chi connectivity index (χ4n) is 2.02. The van der Waals surface area contributed by atoms with Crippen LogP contribution in [0, 0.1) is 10.1 Å². The second-order valence-corrected chi connectivity index (χ2v) is 4.39. The molecule has 6 nitrogen and oxygen atoms in total. The zero-order valence-electron chi connectivity index (χ0n) is 13.0. The van der Waals surface area contributed by atoms with Gasteiger partial charge < -0.3 is 9.64 Å². The van der Waals surface area contributed by atoms with E-state index in [4.69, 9.17) is 0 Å². The normalized spacial score (nSPS) is 12.0. The van der Waals surface area contributed by atoms with Crippen molar-refractivity contribution in [2.45, 2.75) is 13.8 Å². The highest BCUT2D eigenvalue weighted by Gasteiger charge is 2.21. The molecule has 118 valence electrons. The molecule has 0 spiro atoms. The van der Waals surface area contributed by atoms with Gasteiger partial charge in [0.05, 0.1) is 12.0 Å². The Kier molecular flexibility index (Phi) is 6.82. The quantitative estimate of drug-likeness (QED) is 0.254. The molecule has 1 aromatic rings. The van der Waals surface area contributed by atoms with Crippen LogP contribution in [0.5, 0.6) is 0 Å². The van der Waals surface area contributed by atoms with Gasteiger partial charge in [-0.15, -0.1) is 0 Å². The highest BCUT2D eigenvalue weighted by atomic mass is 16.6. The Bertz CT molecular complexity index is 575. The van der Waals surface area contributed by atoms with Gasteiger partial charge in [0.1, 0.15) is 0 Å². The largest absolute Gasteiger partial charge is 0.461 e. The van der Waals surface area contributed by atoms with Crippen LogP contribution in [0.4, 0.5) is 0 Å². The van der Waals surface area contributed by atoms with E-state index in [1.807, 2.05) is 44.2 Å². The minimum absolute atomic E-state index is 0.594. The molecule has 0 radical (unpaired) electrons. The standard InChI is InChI=1S/C16H20N2O4/c1-4-17(5-2)14(13-9-7-6-8-10-13)11-12-15(18(20)21)16(19)22-3/h6-12H,4-5H2,1-3H3/b14-11+,15-12-. The first-order chi connectivity index (χ1) is 10.5. The third kappa shape index (κ3) is 4.44. The number of carbonyl (C=O) groups excluding carboxylic acids is 1. The molecule has 0 saturated heterocycles. The number of ether oxygens (including phenoxy) is 1. The maximum atomic E-state index is 11.4. The minimum Gasteiger partial charge on any atom is -0.461 e. The smallest absolute Gasteiger partial charge is 0.409 e. The summed E-state index contributed by atoms with van der Waals surface area (Å²) in [5.41, 5.74) is 1.15. The summed E-state index contributed by atoms with van der Waals surface area (Å²) in [7, 11) is 1.12. The number of allylic oxidation sites excluding steroid dienone is 2. The Labute approximate surface area is 129 Å². The van der Waals surface area contributed by atoms with E-state index in [-0.39, 0.29) is 0 Å². The number of carbonyl (C=O) groups is 1. The van der Waals surface area contributed by atoms with Crippen LogP contribution in [0.3, 0.4) is 0 Å². The average molecular weight is 304 g/mol. The Morgan fingerprint density at radius 2 is 1.82 bits per heavy atom. The number of hydrogen-bond donors (Lipinski definition) is 0. The van der Waals surface area contributed by atoms with Gasteiger partial charge in [0.2, 0.25) is 0 Å². The molecule has 0 N–H and O–H groups in total. The third-order valence-electron chi connectivity index (χ3n) is 3.16. The zero-order chi connectivity index (χ0) is 16.5. The Balaban J connectivity index is 3.31. The number of methoxy groups -OCH3 is 1. The number of hydrogen-bond acceptors (Lipinski definition) is 5. The second-order valence-electron chi connectivity index (χ2n) is 4.39. The van der Waals surface area contributed by atoms with Crippen molar-refractivity contribution in [3.8, 4) is 0 Å². The van der Waals surface area contributed by atoms with Crippen molar-refractivity contribution in [3.05, 3.63) is 63.9 Å². The van der Waals surface area contributed by atoms with Crippen molar-refractivity contribution in [3.63, 3.8) is 0 Å². The van der Waals surface area contributed by atoms with Crippen LogP contribution in [-0.4, -0.2) is 36.0 Å². The lowest BCUT2D eigenvalue weighted by Crippen LogP contribution is -2.21. The van der Waals surface area contributed by atoms with Gasteiger partial charge in [-0.05, 0) is 25.5 Å². The molecule has 0 heterocycles. The number of rotatable bonds is 7. The first-order valence-electron chi connectivity index (χ1n) is 7.00. The van der Waals surface area contributed by atoms with Crippen LogP contribution in [0.1, 0.15) is 19.4 Å². The zero-order valence-corrected chi connectivity index (χ0v) is 13.0. The SMILES string of the molecule is CCN(CC)/C(=C/C=C(/C(=O)OC)[N+](=O)[O-])c1ccccc1. The molecule has 0 aliphatic heterocycles. The predicted octanol–water partition coefficient (Wildman–Crippen LogP) is 2.70. The maximum Gasteiger partial charge on any atom is 0.409 e. The van der Waals surface area contributed by atoms with Crippen LogP contribution < -0.4 is 0 Å². The Hall–Kier alpha value is -2.63. The summed E-state index contributed by atoms with van der Waals surface area (Å²) in [6, 6.07) is 9.52. The fraction of sp³-hybridized carbons (Fsp3) is 0.312. The summed E-state index contributed by atoms with van der Waals surface area (Å²) in [6.07, 6.45) is 2.77. The van der Waals surface area contributed by atoms with Crippen molar-refractivity contribution in [1.29, 1.82) is 0 Å². The topological polar surface area (TPSA) is 72.7 Å². The van der Waals surface area contributed by atoms with Gasteiger partial charge in [-0.25, -0.2) is 4.79 Å². The first kappa shape index (κ1) is 17.4. The molecule has 0 fully saturated rings. The predicted molar refractivity (Wildman–Crippen MR) is 84.4 cm³/mol. The first-order valence-corrected chi connectivity index (χ1v) is 7.00. The Morgan fingerprint density at radius 1 is 1.23 bits per heavy atom. The molecule has 0 aliphatic carbocycles. The summed E-state index contributed by atoms with van der Waals surface area (Å²) in [5, 5.41) is 11.0. The highest BCUT2D eigenvalue weighted by molar-refractivity contribution is 5.86. The molecular formula is C16H20N2O4. The van der Waals surface area contributed by atoms with E-state index in [9.17, 15) is 14.9 Å². The van der Waals surface area contributed by atoms with Crippen molar-refractivity contribution in [1.82, 2.24) is 4.90 Å². The van der Waals surface area contributed by atoms with Gasteiger partial charge in [-0.2, -0.15) is 0 Å². The summed E-state index contributed by atoms with van der Waals surface area (Å²) >= 11 is 0. The van der Waals surface area contributed by atoms with Gasteiger partial charge in [0.15, 0.2) is 0 Å². The van der Waals surface area contributed by atoms with Crippen molar-refractivity contribution >= 4 is 11.7 Å². The van der Waals surface area contributed by atoms with Crippen LogP contribution in [0.15, 0.2) is 48.2 Å². The molecule has 0 aromatic heterocycles. The Morgan fingerprint density at radius 3 is 2.27 bits per heavy atom. The molecule has 0 saturated carbocycles. The van der Waals surface area contributed by atoms with Crippen LogP contribution in [0.2, 0.25) is 0 Å². The average Bonchev–Trinajstić information content (AvgIpc) is 2.54. The van der Waals surface area contributed by atoms with E-state index >= 15 is 0 Å². The van der Waals surface area contributed by atoms with Gasteiger partial charge >= 0.3 is 11.7 Å². The van der Waals surface area contributed by atoms with Crippen LogP contribution in [-0.2, 0) is 9.53 Å². The minimum atomic E-state index is -0.965. The summed E-state index contributed by atoms with van der Waals surface area (Å²) in [4.78, 5) is 23.7. The number of nitrogens with zero attached hydrogens (tertiary/aromatic N) is 2. The lowest BCUT2D eigenvalue weighted by atomic mass is 10.1. The highest BCUT2D eigenvalue weighted by Crippen LogP contribution is 2.19. The number of benzene rings is 1. The molecule has 0 atom stereocenters. The molecule has 0 unspecified atom stereocenters. The molecule has 1 aromatic carbocycles. The fourth-order valence-corrected chi connectivity index (χ4v) is 2.02. The molecule has 0 aliphatic rings. The van der Waals surface area contributed by atoms with E-state index in [0.29, 0.717) is 0 Å². The molecule has 0 amide bonds. The van der Waals surface area contributed by atoms with E-state index < -0.39 is 16.6 Å². The number of nitro groups is 1. The van der Waals surface area contributed by atoms with Crippen molar-refractivity contribution in [2.75, 3.05) is 20.2 Å². The summed E-state index contributed by atoms with van der Waals surface area (Å²) < 4.78 is 4.43. The lowest BCUT2D eigenvalue weighted by Gasteiger charge is -2.24. The van der Waals surface area contributed by atoms with Crippen LogP contribution in [0.25, 0.3) is 5.70 Å². The van der Waals surface area contributed by atoms with Crippen molar-refractivity contribution in [2.24, 2.45) is 0 Å². The summed E-state index contributed by atoms with van der Waals surface area (Å²) in [6.45, 7) is 5.49. The summed E-state index contributed by atoms with van der Waals surface area (Å²) in [5.74, 6) is -0.965. The monoisotopic (exact) mass is 304 g/mol. The second kappa shape index (κ2) is 8.61. The number of esters is 1. The van der Waals surface area contributed by atoms with Gasteiger partial charge in [-0.1, -0.05) is 30.3 Å². The lowest BCUT2D eigenvalue weighted by molar-refractivity contribution is -0.421. The maximum absolute atomic E-state index is 11.4. The van der Waals surface area contributed by atoms with E-state index in [0.717, 1.165) is 31.5 Å². The third-order valence-corrected chi connectivity index (χ3v) is 3.16. The van der Waals surface area contributed by atoms with Gasteiger partial charge in [0.25, 0.3) is 0 Å². The van der Waals surface area contributed by atoms with Crippen molar-refractivity contribution < 1.29 is 14.5 Å². The molecule has 0 bridgehead atoms. The van der Waals surface area contributed by atoms with E-state index in [2.05, 4.69) is 9.64 Å². The molecule has 6 heteroatoms. The molecular weight excluding hydrogens is 284 g/mol.